The van der Waals surface area contributed by atoms with E-state index >= 15 is 0 Å². The summed E-state index contributed by atoms with van der Waals surface area (Å²) in [6.07, 6.45) is 0. The summed E-state index contributed by atoms with van der Waals surface area (Å²) in [5.74, 6) is -0.542. The van der Waals surface area contributed by atoms with Gasteiger partial charge in [-0.2, -0.15) is 0 Å². The summed E-state index contributed by atoms with van der Waals surface area (Å²) in [7, 11) is 0. The maximum Gasteiger partial charge on any atom is 0.236 e. The van der Waals surface area contributed by atoms with Crippen molar-refractivity contribution in [1.82, 2.24) is 5.32 Å². The van der Waals surface area contributed by atoms with E-state index in [9.17, 15) is 9.59 Å². The standard InChI is InChI=1S/C17H17ClN2O2S/c18-14-8-6-13(7-9-14)17(12-4-2-1-3-5-12)23-11-16(22)20-10-15(19)21/h1-9,17H,10-11H2,(H2,19,21)(H,20,22)/t17-/m1/s1. The van der Waals surface area contributed by atoms with Crippen molar-refractivity contribution in [3.63, 3.8) is 0 Å². The van der Waals surface area contributed by atoms with Crippen LogP contribution in [0.4, 0.5) is 0 Å². The number of carbonyl (C=O) groups is 2. The first-order chi connectivity index (χ1) is 11.1. The average Bonchev–Trinajstić information content (AvgIpc) is 2.55. The molecule has 120 valence electrons. The van der Waals surface area contributed by atoms with Gasteiger partial charge in [0.2, 0.25) is 11.8 Å². The van der Waals surface area contributed by atoms with E-state index in [1.54, 1.807) is 0 Å². The normalized spacial score (nSPS) is 11.7. The molecule has 0 aliphatic heterocycles. The van der Waals surface area contributed by atoms with Crippen molar-refractivity contribution in [2.75, 3.05) is 12.3 Å². The predicted molar refractivity (Wildman–Crippen MR) is 94.4 cm³/mol. The molecule has 0 aromatic heterocycles. The zero-order chi connectivity index (χ0) is 16.7. The summed E-state index contributed by atoms with van der Waals surface area (Å²) in [4.78, 5) is 22.5. The Morgan fingerprint density at radius 2 is 1.65 bits per heavy atom. The maximum absolute atomic E-state index is 11.8. The van der Waals surface area contributed by atoms with E-state index in [2.05, 4.69) is 5.32 Å². The van der Waals surface area contributed by atoms with E-state index in [4.69, 9.17) is 17.3 Å². The van der Waals surface area contributed by atoms with Gasteiger partial charge in [-0.3, -0.25) is 9.59 Å². The number of halogens is 1. The van der Waals surface area contributed by atoms with Crippen LogP contribution in [0, 0.1) is 0 Å². The van der Waals surface area contributed by atoms with Crippen LogP contribution in [0.3, 0.4) is 0 Å². The second-order valence-corrected chi connectivity index (χ2v) is 6.43. The summed E-state index contributed by atoms with van der Waals surface area (Å²) in [5, 5.41) is 3.17. The van der Waals surface area contributed by atoms with E-state index in [1.807, 2.05) is 54.6 Å². The van der Waals surface area contributed by atoms with Crippen molar-refractivity contribution in [1.29, 1.82) is 0 Å². The Kier molecular flexibility index (Phi) is 6.50. The average molecular weight is 349 g/mol. The Morgan fingerprint density at radius 3 is 2.26 bits per heavy atom. The SMILES string of the molecule is NC(=O)CNC(=O)CS[C@H](c1ccccc1)c1ccc(Cl)cc1. The van der Waals surface area contributed by atoms with Crippen LogP contribution >= 0.6 is 23.4 Å². The topological polar surface area (TPSA) is 72.2 Å². The number of primary amides is 1. The monoisotopic (exact) mass is 348 g/mol. The van der Waals surface area contributed by atoms with Gasteiger partial charge in [-0.05, 0) is 23.3 Å². The first-order valence-electron chi connectivity index (χ1n) is 7.03. The molecule has 0 spiro atoms. The minimum absolute atomic E-state index is 0.00722. The number of nitrogens with one attached hydrogen (secondary N) is 1. The molecule has 2 aromatic carbocycles. The molecule has 4 nitrogen and oxygen atoms in total. The van der Waals surface area contributed by atoms with Crippen LogP contribution in [0.5, 0.6) is 0 Å². The smallest absolute Gasteiger partial charge is 0.236 e. The highest BCUT2D eigenvalue weighted by molar-refractivity contribution is 8.00. The third-order valence-corrected chi connectivity index (χ3v) is 4.67. The molecule has 0 unspecified atom stereocenters. The number of hydrogen-bond acceptors (Lipinski definition) is 3. The van der Waals surface area contributed by atoms with E-state index in [0.717, 1.165) is 11.1 Å². The van der Waals surface area contributed by atoms with Crippen LogP contribution < -0.4 is 11.1 Å². The first kappa shape index (κ1) is 17.4. The largest absolute Gasteiger partial charge is 0.368 e. The summed E-state index contributed by atoms with van der Waals surface area (Å²) < 4.78 is 0. The number of nitrogens with two attached hydrogens (primary N) is 1. The molecule has 0 saturated heterocycles. The number of thioether (sulfide) groups is 1. The van der Waals surface area contributed by atoms with Gasteiger partial charge in [0.25, 0.3) is 0 Å². The summed E-state index contributed by atoms with van der Waals surface area (Å²) in [5.41, 5.74) is 7.18. The van der Waals surface area contributed by atoms with Crippen LogP contribution in [0.15, 0.2) is 54.6 Å². The number of amides is 2. The van der Waals surface area contributed by atoms with Crippen LogP contribution in [-0.4, -0.2) is 24.1 Å². The molecular formula is C17H17ClN2O2S. The lowest BCUT2D eigenvalue weighted by Gasteiger charge is -2.17. The van der Waals surface area contributed by atoms with Crippen LogP contribution in [0.25, 0.3) is 0 Å². The lowest BCUT2D eigenvalue weighted by atomic mass is 10.0. The highest BCUT2D eigenvalue weighted by Gasteiger charge is 2.16. The van der Waals surface area contributed by atoms with Gasteiger partial charge in [0, 0.05) is 5.02 Å². The molecule has 1 atom stereocenters. The highest BCUT2D eigenvalue weighted by atomic mass is 35.5. The third kappa shape index (κ3) is 5.62. The third-order valence-electron chi connectivity index (χ3n) is 3.12. The summed E-state index contributed by atoms with van der Waals surface area (Å²) >= 11 is 7.43. The molecule has 2 rings (SSSR count). The van der Waals surface area contributed by atoms with Crippen molar-refractivity contribution in [3.05, 3.63) is 70.7 Å². The van der Waals surface area contributed by atoms with Crippen molar-refractivity contribution in [2.45, 2.75) is 5.25 Å². The number of hydrogen-bond donors (Lipinski definition) is 2. The van der Waals surface area contributed by atoms with Gasteiger partial charge in [0.05, 0.1) is 17.5 Å². The Morgan fingerprint density at radius 1 is 1.04 bits per heavy atom. The molecule has 0 aliphatic carbocycles. The number of carbonyl (C=O) groups excluding carboxylic acids is 2. The zero-order valence-electron chi connectivity index (χ0n) is 12.4. The fourth-order valence-electron chi connectivity index (χ4n) is 2.05. The number of benzene rings is 2. The Bertz CT molecular complexity index is 662. The quantitative estimate of drug-likeness (QED) is 0.808. The molecule has 23 heavy (non-hydrogen) atoms. The van der Waals surface area contributed by atoms with Crippen LogP contribution in [0.2, 0.25) is 5.02 Å². The van der Waals surface area contributed by atoms with Crippen molar-refractivity contribution in [3.8, 4) is 0 Å². The van der Waals surface area contributed by atoms with E-state index in [0.29, 0.717) is 5.02 Å². The minimum atomic E-state index is -0.555. The molecule has 0 aliphatic rings. The molecule has 3 N–H and O–H groups in total. The van der Waals surface area contributed by atoms with Crippen molar-refractivity contribution < 1.29 is 9.59 Å². The highest BCUT2D eigenvalue weighted by Crippen LogP contribution is 2.35. The van der Waals surface area contributed by atoms with Crippen LogP contribution in [-0.2, 0) is 9.59 Å². The first-order valence-corrected chi connectivity index (χ1v) is 8.46. The minimum Gasteiger partial charge on any atom is -0.368 e. The van der Waals surface area contributed by atoms with E-state index in [-0.39, 0.29) is 23.5 Å². The van der Waals surface area contributed by atoms with Gasteiger partial charge in [-0.1, -0.05) is 54.1 Å². The molecule has 0 radical (unpaired) electrons. The lowest BCUT2D eigenvalue weighted by molar-refractivity contribution is -0.123. The second-order valence-electron chi connectivity index (χ2n) is 4.90. The predicted octanol–water partition coefficient (Wildman–Crippen LogP) is 2.76. The molecular weight excluding hydrogens is 332 g/mol. The molecule has 2 amide bonds. The van der Waals surface area contributed by atoms with E-state index in [1.165, 1.54) is 11.8 Å². The summed E-state index contributed by atoms with van der Waals surface area (Å²) in [6, 6.07) is 17.5. The van der Waals surface area contributed by atoms with Gasteiger partial charge in [0.1, 0.15) is 0 Å². The molecule has 0 bridgehead atoms. The lowest BCUT2D eigenvalue weighted by Crippen LogP contribution is -2.34. The van der Waals surface area contributed by atoms with Crippen molar-refractivity contribution >= 4 is 35.2 Å². The van der Waals surface area contributed by atoms with Crippen molar-refractivity contribution in [2.24, 2.45) is 5.73 Å². The summed E-state index contributed by atoms with van der Waals surface area (Å²) in [6.45, 7) is -0.143. The molecule has 2 aromatic rings. The second kappa shape index (κ2) is 8.60. The Hall–Kier alpha value is -1.98. The molecule has 6 heteroatoms. The molecule has 0 heterocycles. The van der Waals surface area contributed by atoms with Gasteiger partial charge in [-0.25, -0.2) is 0 Å². The van der Waals surface area contributed by atoms with Gasteiger partial charge in [-0.15, -0.1) is 11.8 Å². The van der Waals surface area contributed by atoms with Gasteiger partial charge >= 0.3 is 0 Å². The van der Waals surface area contributed by atoms with Gasteiger partial charge < -0.3 is 11.1 Å². The Labute approximate surface area is 144 Å². The Balaban J connectivity index is 2.10. The fourth-order valence-corrected chi connectivity index (χ4v) is 3.29. The molecule has 0 fully saturated rings. The maximum atomic E-state index is 11.8. The van der Waals surface area contributed by atoms with E-state index < -0.39 is 5.91 Å². The molecule has 0 saturated carbocycles. The zero-order valence-corrected chi connectivity index (χ0v) is 13.9. The fraction of sp³-hybridized carbons (Fsp3) is 0.176. The van der Waals surface area contributed by atoms with Crippen LogP contribution in [0.1, 0.15) is 16.4 Å². The van der Waals surface area contributed by atoms with Gasteiger partial charge in [0.15, 0.2) is 0 Å². The number of rotatable bonds is 7.